The molecule has 0 aromatic rings. The van der Waals surface area contributed by atoms with E-state index in [2.05, 4.69) is 0 Å². The van der Waals surface area contributed by atoms with Crippen molar-refractivity contribution in [3.63, 3.8) is 0 Å². The molecule has 0 radical (unpaired) electrons. The molecule has 0 spiro atoms. The lowest BCUT2D eigenvalue weighted by molar-refractivity contribution is -0.141. The van der Waals surface area contributed by atoms with E-state index in [0.29, 0.717) is 6.61 Å². The molecule has 0 saturated carbocycles. The Hall–Kier alpha value is -0.570. The van der Waals surface area contributed by atoms with Crippen LogP contribution in [0.15, 0.2) is 0 Å². The minimum Gasteiger partial charge on any atom is -0.465 e. The number of esters is 1. The number of aliphatic hydroxyl groups excluding tert-OH is 1. The number of carbonyl (C=O) groups is 1. The fraction of sp³-hybridized carbons (Fsp3) is 0.857. The summed E-state index contributed by atoms with van der Waals surface area (Å²) in [5.74, 6) is -0.177. The fourth-order valence-electron chi connectivity index (χ4n) is 1.28. The summed E-state index contributed by atoms with van der Waals surface area (Å²) in [6, 6.07) is 0. The van der Waals surface area contributed by atoms with Crippen molar-refractivity contribution in [2.75, 3.05) is 13.2 Å². The molecular weight excluding hydrogens is 132 g/mol. The predicted molar refractivity (Wildman–Crippen MR) is 35.3 cm³/mol. The molecule has 0 aromatic heterocycles. The third kappa shape index (κ3) is 1.14. The number of hydrogen-bond donors (Lipinski definition) is 1. The van der Waals surface area contributed by atoms with Crippen molar-refractivity contribution in [1.82, 2.24) is 0 Å². The van der Waals surface area contributed by atoms with Gasteiger partial charge in [-0.2, -0.15) is 0 Å². The van der Waals surface area contributed by atoms with Gasteiger partial charge in [-0.05, 0) is 6.42 Å². The van der Waals surface area contributed by atoms with Gasteiger partial charge in [0.1, 0.15) is 0 Å². The molecule has 0 aromatic carbocycles. The van der Waals surface area contributed by atoms with Gasteiger partial charge in [0.2, 0.25) is 0 Å². The van der Waals surface area contributed by atoms with Crippen LogP contribution in [0, 0.1) is 11.8 Å². The SMILES string of the molecule is CC[C@@H]1C(=O)OCC1CO. The van der Waals surface area contributed by atoms with Gasteiger partial charge in [-0.3, -0.25) is 4.79 Å². The maximum absolute atomic E-state index is 10.8. The zero-order chi connectivity index (χ0) is 7.56. The lowest BCUT2D eigenvalue weighted by Gasteiger charge is -2.07. The summed E-state index contributed by atoms with van der Waals surface area (Å²) in [4.78, 5) is 10.8. The van der Waals surface area contributed by atoms with Crippen LogP contribution in [0.3, 0.4) is 0 Å². The van der Waals surface area contributed by atoms with Gasteiger partial charge in [0.25, 0.3) is 0 Å². The van der Waals surface area contributed by atoms with Crippen molar-refractivity contribution >= 4 is 5.97 Å². The molecule has 2 atom stereocenters. The highest BCUT2D eigenvalue weighted by Gasteiger charge is 2.34. The maximum atomic E-state index is 10.8. The van der Waals surface area contributed by atoms with Crippen LogP contribution < -0.4 is 0 Å². The van der Waals surface area contributed by atoms with Gasteiger partial charge in [-0.15, -0.1) is 0 Å². The Morgan fingerprint density at radius 2 is 2.50 bits per heavy atom. The van der Waals surface area contributed by atoms with E-state index in [0.717, 1.165) is 6.42 Å². The summed E-state index contributed by atoms with van der Waals surface area (Å²) in [6.07, 6.45) is 0.768. The number of carbonyl (C=O) groups excluding carboxylic acids is 1. The zero-order valence-electron chi connectivity index (χ0n) is 6.04. The lowest BCUT2D eigenvalue weighted by Crippen LogP contribution is -2.17. The lowest BCUT2D eigenvalue weighted by atomic mass is 9.94. The molecule has 1 heterocycles. The normalized spacial score (nSPS) is 32.4. The van der Waals surface area contributed by atoms with Crippen molar-refractivity contribution < 1.29 is 14.6 Å². The molecule has 58 valence electrons. The molecular formula is C7H12O3. The van der Waals surface area contributed by atoms with E-state index >= 15 is 0 Å². The van der Waals surface area contributed by atoms with Crippen LogP contribution >= 0.6 is 0 Å². The quantitative estimate of drug-likeness (QED) is 0.562. The van der Waals surface area contributed by atoms with Gasteiger partial charge in [-0.1, -0.05) is 6.92 Å². The van der Waals surface area contributed by atoms with Crippen molar-refractivity contribution in [3.8, 4) is 0 Å². The predicted octanol–water partition coefficient (Wildman–Crippen LogP) is 0.178. The highest BCUT2D eigenvalue weighted by atomic mass is 16.5. The van der Waals surface area contributed by atoms with E-state index in [1.54, 1.807) is 0 Å². The van der Waals surface area contributed by atoms with Crippen molar-refractivity contribution in [3.05, 3.63) is 0 Å². The second-order valence-corrected chi connectivity index (χ2v) is 2.59. The summed E-state index contributed by atoms with van der Waals surface area (Å²) in [5.41, 5.74) is 0. The van der Waals surface area contributed by atoms with Crippen molar-refractivity contribution in [2.24, 2.45) is 11.8 Å². The highest BCUT2D eigenvalue weighted by molar-refractivity contribution is 5.74. The van der Waals surface area contributed by atoms with Crippen LogP contribution in [-0.4, -0.2) is 24.3 Å². The van der Waals surface area contributed by atoms with Crippen LogP contribution in [0.5, 0.6) is 0 Å². The number of cyclic esters (lactones) is 1. The average molecular weight is 144 g/mol. The smallest absolute Gasteiger partial charge is 0.309 e. The van der Waals surface area contributed by atoms with Crippen molar-refractivity contribution in [2.45, 2.75) is 13.3 Å². The van der Waals surface area contributed by atoms with Crippen LogP contribution in [-0.2, 0) is 9.53 Å². The molecule has 1 fully saturated rings. The summed E-state index contributed by atoms with van der Waals surface area (Å²) in [5, 5.41) is 8.75. The molecule has 3 nitrogen and oxygen atoms in total. The van der Waals surface area contributed by atoms with E-state index in [9.17, 15) is 4.79 Å². The Labute approximate surface area is 60.0 Å². The van der Waals surface area contributed by atoms with E-state index in [4.69, 9.17) is 9.84 Å². The van der Waals surface area contributed by atoms with Crippen molar-refractivity contribution in [1.29, 1.82) is 0 Å². The van der Waals surface area contributed by atoms with E-state index in [1.807, 2.05) is 6.92 Å². The monoisotopic (exact) mass is 144 g/mol. The standard InChI is InChI=1S/C7H12O3/c1-2-6-5(3-8)4-10-7(6)9/h5-6,8H,2-4H2,1H3/t5?,6-/m0/s1. The molecule has 1 rings (SSSR count). The van der Waals surface area contributed by atoms with Gasteiger partial charge in [0.15, 0.2) is 0 Å². The molecule has 0 bridgehead atoms. The number of ether oxygens (including phenoxy) is 1. The maximum Gasteiger partial charge on any atom is 0.309 e. The molecule has 1 saturated heterocycles. The van der Waals surface area contributed by atoms with E-state index < -0.39 is 0 Å². The van der Waals surface area contributed by atoms with Gasteiger partial charge < -0.3 is 9.84 Å². The van der Waals surface area contributed by atoms with Crippen LogP contribution in [0.1, 0.15) is 13.3 Å². The number of aliphatic hydroxyl groups is 1. The summed E-state index contributed by atoms with van der Waals surface area (Å²) >= 11 is 0. The minimum absolute atomic E-state index is 0.0394. The van der Waals surface area contributed by atoms with E-state index in [1.165, 1.54) is 0 Å². The first-order valence-corrected chi connectivity index (χ1v) is 3.57. The Bertz CT molecular complexity index is 133. The zero-order valence-corrected chi connectivity index (χ0v) is 6.04. The molecule has 0 amide bonds. The molecule has 3 heteroatoms. The second-order valence-electron chi connectivity index (χ2n) is 2.59. The first kappa shape index (κ1) is 7.54. The Kier molecular flexibility index (Phi) is 2.27. The Morgan fingerprint density at radius 1 is 1.80 bits per heavy atom. The van der Waals surface area contributed by atoms with Gasteiger partial charge in [0.05, 0.1) is 12.5 Å². The Morgan fingerprint density at radius 3 is 2.90 bits per heavy atom. The molecule has 0 aliphatic carbocycles. The van der Waals surface area contributed by atoms with E-state index in [-0.39, 0.29) is 24.4 Å². The molecule has 1 aliphatic rings. The topological polar surface area (TPSA) is 46.5 Å². The molecule has 10 heavy (non-hydrogen) atoms. The summed E-state index contributed by atoms with van der Waals surface area (Å²) in [7, 11) is 0. The third-order valence-electron chi connectivity index (χ3n) is 1.99. The van der Waals surface area contributed by atoms with Crippen LogP contribution in [0.25, 0.3) is 0 Å². The summed E-state index contributed by atoms with van der Waals surface area (Å²) in [6.45, 7) is 2.39. The molecule has 1 N–H and O–H groups in total. The fourth-order valence-corrected chi connectivity index (χ4v) is 1.28. The summed E-state index contributed by atoms with van der Waals surface area (Å²) < 4.78 is 4.76. The Balaban J connectivity index is 2.54. The number of rotatable bonds is 2. The van der Waals surface area contributed by atoms with Crippen LogP contribution in [0.2, 0.25) is 0 Å². The number of hydrogen-bond acceptors (Lipinski definition) is 3. The minimum atomic E-state index is -0.151. The van der Waals surface area contributed by atoms with Gasteiger partial charge in [-0.25, -0.2) is 0 Å². The van der Waals surface area contributed by atoms with Gasteiger partial charge >= 0.3 is 5.97 Å². The highest BCUT2D eigenvalue weighted by Crippen LogP contribution is 2.23. The third-order valence-corrected chi connectivity index (χ3v) is 1.99. The molecule has 1 aliphatic heterocycles. The van der Waals surface area contributed by atoms with Gasteiger partial charge in [0, 0.05) is 12.5 Å². The first-order valence-electron chi connectivity index (χ1n) is 3.57. The molecule has 1 unspecified atom stereocenters. The second kappa shape index (κ2) is 3.01. The average Bonchev–Trinajstić information content (AvgIpc) is 2.30. The van der Waals surface area contributed by atoms with Crippen LogP contribution in [0.4, 0.5) is 0 Å². The first-order chi connectivity index (χ1) is 4.79. The largest absolute Gasteiger partial charge is 0.465 e.